The van der Waals surface area contributed by atoms with Gasteiger partial charge in [-0.25, -0.2) is 0 Å². The number of Topliss-reactive ketones (excluding diaryl/α,β-unsaturated/α-hetero) is 1. The third-order valence-electron chi connectivity index (χ3n) is 5.32. The Morgan fingerprint density at radius 2 is 1.34 bits per heavy atom. The van der Waals surface area contributed by atoms with Crippen LogP contribution in [-0.4, -0.2) is 49.2 Å². The Morgan fingerprint density at radius 1 is 0.828 bits per heavy atom. The average molecular weight is 411 g/mol. The number of nitrogens with two attached hydrogens (primary N) is 1. The zero-order valence-electron chi connectivity index (χ0n) is 17.8. The summed E-state index contributed by atoms with van der Waals surface area (Å²) in [5.74, 6) is -1.39. The van der Waals surface area contributed by atoms with Gasteiger partial charge in [-0.3, -0.25) is 19.2 Å². The van der Waals surface area contributed by atoms with Crippen molar-refractivity contribution in [3.8, 4) is 0 Å². The summed E-state index contributed by atoms with van der Waals surface area (Å²) in [6.45, 7) is 1.24. The average Bonchev–Trinajstić information content (AvgIpc) is 2.72. The predicted octanol–water partition coefficient (Wildman–Crippen LogP) is 1.17. The summed E-state index contributed by atoms with van der Waals surface area (Å²) in [4.78, 5) is 45.9. The summed E-state index contributed by atoms with van der Waals surface area (Å²) >= 11 is 0. The van der Waals surface area contributed by atoms with E-state index >= 15 is 0 Å². The molecule has 1 atom stereocenters. The largest absolute Gasteiger partial charge is 0.368 e. The topological polar surface area (TPSA) is 130 Å². The van der Waals surface area contributed by atoms with Crippen molar-refractivity contribution >= 4 is 23.5 Å². The number of carbonyl (C=O) groups excluding carboxylic acids is 4. The van der Waals surface area contributed by atoms with E-state index in [2.05, 4.69) is 16.0 Å². The van der Waals surface area contributed by atoms with Gasteiger partial charge < -0.3 is 21.7 Å². The van der Waals surface area contributed by atoms with Gasteiger partial charge in [-0.15, -0.1) is 0 Å². The molecule has 29 heavy (non-hydrogen) atoms. The van der Waals surface area contributed by atoms with Crippen molar-refractivity contribution in [2.24, 2.45) is 11.7 Å². The molecule has 0 saturated heterocycles. The minimum atomic E-state index is -0.679. The first-order chi connectivity index (χ1) is 13.9. The minimum Gasteiger partial charge on any atom is -0.368 e. The number of nitrogens with one attached hydrogen (secondary N) is 3. The molecule has 0 heterocycles. The van der Waals surface area contributed by atoms with Crippen LogP contribution in [0.25, 0.3) is 0 Å². The highest BCUT2D eigenvalue weighted by Gasteiger charge is 2.30. The molecule has 0 bridgehead atoms. The molecule has 8 heteroatoms. The molecule has 3 amide bonds. The second-order valence-electron chi connectivity index (χ2n) is 8.05. The normalized spacial score (nSPS) is 18.0. The maximum Gasteiger partial charge on any atom is 0.243 e. The summed E-state index contributed by atoms with van der Waals surface area (Å²) in [6, 6.07) is -0.679. The first kappa shape index (κ1) is 25.1. The highest BCUT2D eigenvalue weighted by atomic mass is 16.2. The van der Waals surface area contributed by atoms with E-state index in [0.29, 0.717) is 0 Å². The first-order valence-corrected chi connectivity index (χ1v) is 11.0. The molecule has 2 rings (SSSR count). The van der Waals surface area contributed by atoms with Gasteiger partial charge in [-0.05, 0) is 25.7 Å². The van der Waals surface area contributed by atoms with E-state index in [-0.39, 0.29) is 37.2 Å². The Bertz CT molecular complexity index is 517. The lowest BCUT2D eigenvalue weighted by molar-refractivity contribution is -0.131. The van der Waals surface area contributed by atoms with E-state index in [1.54, 1.807) is 0 Å². The van der Waals surface area contributed by atoms with E-state index in [9.17, 15) is 19.2 Å². The van der Waals surface area contributed by atoms with Crippen molar-refractivity contribution in [2.75, 3.05) is 19.6 Å². The van der Waals surface area contributed by atoms with Gasteiger partial charge in [0.05, 0.1) is 19.6 Å². The molecule has 2 aliphatic carbocycles. The van der Waals surface area contributed by atoms with Gasteiger partial charge in [0, 0.05) is 0 Å². The summed E-state index contributed by atoms with van der Waals surface area (Å²) in [6.07, 6.45) is 13.9. The molecule has 0 aromatic heterocycles. The summed E-state index contributed by atoms with van der Waals surface area (Å²) < 4.78 is 0. The first-order valence-electron chi connectivity index (χ1n) is 11.0. The van der Waals surface area contributed by atoms with Gasteiger partial charge >= 0.3 is 0 Å². The second-order valence-corrected chi connectivity index (χ2v) is 8.05. The van der Waals surface area contributed by atoms with Crippen molar-refractivity contribution in [1.29, 1.82) is 0 Å². The van der Waals surface area contributed by atoms with Crippen molar-refractivity contribution in [3.63, 3.8) is 0 Å². The fourth-order valence-electron chi connectivity index (χ4n) is 3.79. The van der Waals surface area contributed by atoms with Crippen molar-refractivity contribution in [2.45, 2.75) is 83.6 Å². The molecule has 0 spiro atoms. The molecule has 0 radical (unpaired) electrons. The molecule has 0 aliphatic heterocycles. The Balaban J connectivity index is 0.000000594. The predicted molar refractivity (Wildman–Crippen MR) is 112 cm³/mol. The molecule has 2 saturated carbocycles. The van der Waals surface area contributed by atoms with Crippen molar-refractivity contribution < 1.29 is 19.2 Å². The summed E-state index contributed by atoms with van der Waals surface area (Å²) in [5, 5.41) is 7.88. The van der Waals surface area contributed by atoms with Gasteiger partial charge in [0.1, 0.15) is 11.8 Å². The molecule has 0 aromatic rings. The molecule has 0 aromatic carbocycles. The number of carbonyl (C=O) groups is 4. The Morgan fingerprint density at radius 3 is 1.83 bits per heavy atom. The highest BCUT2D eigenvalue weighted by Crippen LogP contribution is 2.26. The van der Waals surface area contributed by atoms with E-state index in [4.69, 9.17) is 5.73 Å². The van der Waals surface area contributed by atoms with Crippen LogP contribution in [0, 0.1) is 5.92 Å². The van der Waals surface area contributed by atoms with E-state index < -0.39 is 17.9 Å². The summed E-state index contributed by atoms with van der Waals surface area (Å²) in [7, 11) is 0. The Labute approximate surface area is 174 Å². The molecule has 166 valence electrons. The van der Waals surface area contributed by atoms with Gasteiger partial charge in [0.25, 0.3) is 0 Å². The third kappa shape index (κ3) is 12.3. The molecule has 1 unspecified atom stereocenters. The maximum absolute atomic E-state index is 12.3. The number of hydrogen-bond acceptors (Lipinski definition) is 5. The van der Waals surface area contributed by atoms with Crippen LogP contribution in [0.15, 0.2) is 0 Å². The number of primary amides is 1. The van der Waals surface area contributed by atoms with Crippen LogP contribution < -0.4 is 21.7 Å². The van der Waals surface area contributed by atoms with Crippen LogP contribution in [0.3, 0.4) is 0 Å². The van der Waals surface area contributed by atoms with E-state index in [0.717, 1.165) is 32.1 Å². The van der Waals surface area contributed by atoms with Crippen molar-refractivity contribution in [1.82, 2.24) is 16.0 Å². The number of hydrogen-bond donors (Lipinski definition) is 4. The van der Waals surface area contributed by atoms with Gasteiger partial charge in [0.15, 0.2) is 0 Å². The fraction of sp³-hybridized carbons (Fsp3) is 0.810. The molecule has 5 N–H and O–H groups in total. The minimum absolute atomic E-state index is 0.0358. The Kier molecular flexibility index (Phi) is 12.9. The molecule has 8 nitrogen and oxygen atoms in total. The quantitative estimate of drug-likeness (QED) is 0.453. The lowest BCUT2D eigenvalue weighted by Crippen LogP contribution is -2.54. The third-order valence-corrected chi connectivity index (χ3v) is 5.32. The molecular formula is C21H38N4O4. The lowest BCUT2D eigenvalue weighted by Gasteiger charge is -2.30. The lowest BCUT2D eigenvalue weighted by atomic mass is 9.83. The number of amides is 3. The smallest absolute Gasteiger partial charge is 0.243 e. The number of ketones is 1. The number of rotatable bonds is 9. The fourth-order valence-corrected chi connectivity index (χ4v) is 3.79. The standard InChI is InChI=1S/C15H26N4O4.C6H12/c1-10(20)7-17-9-13(22)19-14(11-5-3-2-4-6-11)15(23)18-8-12(16)21;1-2-4-6-5-3-1/h11,14,17H,2-9H2,1H3,(H2,16,21)(H,18,23)(H,19,22);1-6H2. The van der Waals surface area contributed by atoms with Crippen LogP contribution in [0.4, 0.5) is 0 Å². The summed E-state index contributed by atoms with van der Waals surface area (Å²) in [5.41, 5.74) is 5.03. The van der Waals surface area contributed by atoms with Gasteiger partial charge in [-0.2, -0.15) is 0 Å². The van der Waals surface area contributed by atoms with Crippen LogP contribution in [-0.2, 0) is 19.2 Å². The SMILES string of the molecule is C1CCCCC1.CC(=O)CNCC(=O)NC(C(=O)NCC(N)=O)C1CCCCC1. The zero-order valence-corrected chi connectivity index (χ0v) is 17.8. The van der Waals surface area contributed by atoms with Crippen LogP contribution in [0.5, 0.6) is 0 Å². The van der Waals surface area contributed by atoms with Crippen LogP contribution >= 0.6 is 0 Å². The van der Waals surface area contributed by atoms with Gasteiger partial charge in [-0.1, -0.05) is 57.8 Å². The monoisotopic (exact) mass is 410 g/mol. The van der Waals surface area contributed by atoms with Crippen molar-refractivity contribution in [3.05, 3.63) is 0 Å². The molecule has 2 fully saturated rings. The van der Waals surface area contributed by atoms with E-state index in [1.165, 1.54) is 45.4 Å². The Hall–Kier alpha value is -1.96. The van der Waals surface area contributed by atoms with Crippen LogP contribution in [0.2, 0.25) is 0 Å². The van der Waals surface area contributed by atoms with E-state index in [1.807, 2.05) is 0 Å². The highest BCUT2D eigenvalue weighted by molar-refractivity contribution is 5.91. The molecule has 2 aliphatic rings. The molecular weight excluding hydrogens is 372 g/mol. The van der Waals surface area contributed by atoms with Crippen LogP contribution in [0.1, 0.15) is 77.6 Å². The zero-order chi connectivity index (χ0) is 21.5. The maximum atomic E-state index is 12.3. The second kappa shape index (κ2) is 15.0. The van der Waals surface area contributed by atoms with Gasteiger partial charge in [0.2, 0.25) is 17.7 Å².